The Hall–Kier alpha value is -0.260. The van der Waals surface area contributed by atoms with Crippen LogP contribution in [-0.2, 0) is 0 Å². The lowest BCUT2D eigenvalue weighted by atomic mass is 9.56. The molecule has 90 valence electrons. The van der Waals surface area contributed by atoms with E-state index in [1.807, 2.05) is 0 Å². The van der Waals surface area contributed by atoms with Crippen molar-refractivity contribution >= 4 is 0 Å². The fraction of sp³-hybridized carbons (Fsp3) is 0.867. The molecule has 0 aromatic carbocycles. The molecule has 0 saturated carbocycles. The predicted octanol–water partition coefficient (Wildman–Crippen LogP) is 5.30. The highest BCUT2D eigenvalue weighted by Gasteiger charge is 2.42. The van der Waals surface area contributed by atoms with Crippen LogP contribution in [0, 0.1) is 22.7 Å². The van der Waals surface area contributed by atoms with Crippen molar-refractivity contribution in [1.82, 2.24) is 0 Å². The number of rotatable bonds is 4. The van der Waals surface area contributed by atoms with Gasteiger partial charge < -0.3 is 0 Å². The second-order valence-corrected chi connectivity index (χ2v) is 6.35. The molecule has 0 bridgehead atoms. The molecule has 0 radical (unpaired) electrons. The first kappa shape index (κ1) is 14.7. The second-order valence-electron chi connectivity index (χ2n) is 6.35. The van der Waals surface area contributed by atoms with Gasteiger partial charge in [0.25, 0.3) is 0 Å². The van der Waals surface area contributed by atoms with Crippen molar-refractivity contribution in [1.29, 1.82) is 0 Å². The van der Waals surface area contributed by atoms with Crippen LogP contribution in [0.25, 0.3) is 0 Å². The molecule has 0 amide bonds. The highest BCUT2D eigenvalue weighted by atomic mass is 14.5. The minimum atomic E-state index is 0.269. The Morgan fingerprint density at radius 2 is 1.40 bits per heavy atom. The minimum Gasteiger partial charge on any atom is -0.0882 e. The smallest absolute Gasteiger partial charge is 0.00938 e. The van der Waals surface area contributed by atoms with E-state index in [0.29, 0.717) is 5.41 Å². The van der Waals surface area contributed by atoms with Gasteiger partial charge in [-0.3, -0.25) is 0 Å². The Bertz CT molecular complexity index is 228. The summed E-state index contributed by atoms with van der Waals surface area (Å²) in [5.41, 5.74) is 2.10. The van der Waals surface area contributed by atoms with E-state index in [4.69, 9.17) is 0 Å². The van der Waals surface area contributed by atoms with Crippen LogP contribution >= 0.6 is 0 Å². The van der Waals surface area contributed by atoms with Crippen LogP contribution in [0.3, 0.4) is 0 Å². The summed E-state index contributed by atoms with van der Waals surface area (Å²) in [5, 5.41) is 0. The van der Waals surface area contributed by atoms with Gasteiger partial charge >= 0.3 is 0 Å². The summed E-state index contributed by atoms with van der Waals surface area (Å²) >= 11 is 0. The Labute approximate surface area is 97.2 Å². The zero-order valence-electron chi connectivity index (χ0n) is 12.2. The Balaban J connectivity index is 5.18. The van der Waals surface area contributed by atoms with Crippen molar-refractivity contribution in [2.45, 2.75) is 62.3 Å². The predicted molar refractivity (Wildman–Crippen MR) is 71.0 cm³/mol. The average Bonchev–Trinajstić information content (AvgIpc) is 2.14. The number of hydrogen-bond donors (Lipinski definition) is 0. The SMILES string of the molecule is CC=C(C)C(C)(C)C(C)(C)C(C)C(C)C. The number of hydrogen-bond acceptors (Lipinski definition) is 0. The van der Waals surface area contributed by atoms with Crippen LogP contribution in [-0.4, -0.2) is 0 Å². The van der Waals surface area contributed by atoms with Crippen molar-refractivity contribution in [3.63, 3.8) is 0 Å². The monoisotopic (exact) mass is 210 g/mol. The van der Waals surface area contributed by atoms with Gasteiger partial charge in [-0.1, -0.05) is 60.1 Å². The molecule has 0 aliphatic heterocycles. The van der Waals surface area contributed by atoms with Crippen LogP contribution < -0.4 is 0 Å². The van der Waals surface area contributed by atoms with Crippen molar-refractivity contribution in [2.24, 2.45) is 22.7 Å². The Morgan fingerprint density at radius 1 is 1.00 bits per heavy atom. The Kier molecular flexibility index (Phi) is 4.64. The lowest BCUT2D eigenvalue weighted by molar-refractivity contribution is 0.0519. The molecule has 0 fully saturated rings. The molecule has 0 aromatic heterocycles. The maximum atomic E-state index is 2.41. The van der Waals surface area contributed by atoms with Gasteiger partial charge in [-0.2, -0.15) is 0 Å². The van der Waals surface area contributed by atoms with Crippen LogP contribution in [0.2, 0.25) is 0 Å². The van der Waals surface area contributed by atoms with E-state index in [1.165, 1.54) is 5.57 Å². The highest BCUT2D eigenvalue weighted by Crippen LogP contribution is 2.50. The molecule has 15 heavy (non-hydrogen) atoms. The zero-order valence-corrected chi connectivity index (χ0v) is 12.2. The van der Waals surface area contributed by atoms with Gasteiger partial charge in [0.2, 0.25) is 0 Å². The van der Waals surface area contributed by atoms with E-state index in [9.17, 15) is 0 Å². The molecule has 0 heterocycles. The summed E-state index contributed by atoms with van der Waals surface area (Å²) in [7, 11) is 0. The molecule has 0 aromatic rings. The molecule has 1 atom stereocenters. The topological polar surface area (TPSA) is 0 Å². The third-order valence-electron chi connectivity index (χ3n) is 5.17. The van der Waals surface area contributed by atoms with E-state index in [-0.39, 0.29) is 5.41 Å². The molecule has 0 saturated heterocycles. The van der Waals surface area contributed by atoms with Crippen molar-refractivity contribution in [2.75, 3.05) is 0 Å². The molecule has 0 rings (SSSR count). The summed E-state index contributed by atoms with van der Waals surface area (Å²) in [4.78, 5) is 0. The van der Waals surface area contributed by atoms with Crippen LogP contribution in [0.4, 0.5) is 0 Å². The molecule has 0 N–H and O–H groups in total. The molecular weight excluding hydrogens is 180 g/mol. The molecule has 0 aliphatic carbocycles. The minimum absolute atomic E-state index is 0.269. The molecule has 0 heteroatoms. The van der Waals surface area contributed by atoms with Crippen molar-refractivity contribution in [3.8, 4) is 0 Å². The molecule has 0 aliphatic rings. The van der Waals surface area contributed by atoms with Gasteiger partial charge in [0, 0.05) is 0 Å². The number of allylic oxidation sites excluding steroid dienone is 2. The van der Waals surface area contributed by atoms with Crippen LogP contribution in [0.1, 0.15) is 62.3 Å². The van der Waals surface area contributed by atoms with Gasteiger partial charge in [0.05, 0.1) is 0 Å². The van der Waals surface area contributed by atoms with Gasteiger partial charge in [-0.25, -0.2) is 0 Å². The van der Waals surface area contributed by atoms with Gasteiger partial charge in [0.1, 0.15) is 0 Å². The maximum Gasteiger partial charge on any atom is -0.00938 e. The lowest BCUT2D eigenvalue weighted by Gasteiger charge is -2.48. The molecule has 1 unspecified atom stereocenters. The van der Waals surface area contributed by atoms with E-state index < -0.39 is 0 Å². The van der Waals surface area contributed by atoms with Crippen LogP contribution in [0.15, 0.2) is 11.6 Å². The van der Waals surface area contributed by atoms with E-state index in [1.54, 1.807) is 0 Å². The van der Waals surface area contributed by atoms with Gasteiger partial charge in [-0.15, -0.1) is 0 Å². The molecular formula is C15H30. The van der Waals surface area contributed by atoms with E-state index in [2.05, 4.69) is 68.4 Å². The second kappa shape index (κ2) is 4.72. The Morgan fingerprint density at radius 3 is 1.67 bits per heavy atom. The summed E-state index contributed by atoms with van der Waals surface area (Å²) < 4.78 is 0. The summed E-state index contributed by atoms with van der Waals surface area (Å²) in [6.07, 6.45) is 2.26. The standard InChI is InChI=1S/C15H30/c1-10-12(4)14(6,7)15(8,9)13(5)11(2)3/h10-11,13H,1-9H3. The van der Waals surface area contributed by atoms with Crippen LogP contribution in [0.5, 0.6) is 0 Å². The highest BCUT2D eigenvalue weighted by molar-refractivity contribution is 5.13. The van der Waals surface area contributed by atoms with Gasteiger partial charge in [-0.05, 0) is 36.5 Å². The third-order valence-corrected chi connectivity index (χ3v) is 5.17. The fourth-order valence-electron chi connectivity index (χ4n) is 2.27. The van der Waals surface area contributed by atoms with E-state index in [0.717, 1.165) is 11.8 Å². The van der Waals surface area contributed by atoms with Crippen molar-refractivity contribution in [3.05, 3.63) is 11.6 Å². The summed E-state index contributed by atoms with van der Waals surface area (Å²) in [5.74, 6) is 1.46. The normalized spacial score (nSPS) is 17.1. The first-order chi connectivity index (χ1) is 6.59. The first-order valence-corrected chi connectivity index (χ1v) is 6.22. The zero-order chi connectivity index (χ0) is 12.4. The lowest BCUT2D eigenvalue weighted by Crippen LogP contribution is -2.40. The quantitative estimate of drug-likeness (QED) is 0.553. The molecule has 0 nitrogen and oxygen atoms in total. The largest absolute Gasteiger partial charge is 0.0882 e. The summed E-state index contributed by atoms with van der Waals surface area (Å²) in [6.45, 7) is 21.0. The first-order valence-electron chi connectivity index (χ1n) is 6.22. The van der Waals surface area contributed by atoms with Crippen molar-refractivity contribution < 1.29 is 0 Å². The van der Waals surface area contributed by atoms with E-state index >= 15 is 0 Å². The maximum absolute atomic E-state index is 2.41. The molecule has 0 spiro atoms. The fourth-order valence-corrected chi connectivity index (χ4v) is 2.27. The van der Waals surface area contributed by atoms with Gasteiger partial charge in [0.15, 0.2) is 0 Å². The summed E-state index contributed by atoms with van der Waals surface area (Å²) in [6, 6.07) is 0. The average molecular weight is 210 g/mol. The third kappa shape index (κ3) is 2.65.